The molecule has 0 radical (unpaired) electrons. The molecule has 1 unspecified atom stereocenters. The fourth-order valence-electron chi connectivity index (χ4n) is 0.943. The van der Waals surface area contributed by atoms with Crippen molar-refractivity contribution < 1.29 is 15.1 Å². The van der Waals surface area contributed by atoms with Crippen molar-refractivity contribution in [3.8, 4) is 0 Å². The predicted octanol–water partition coefficient (Wildman–Crippen LogP) is -0.218. The first-order chi connectivity index (χ1) is 4.20. The monoisotopic (exact) mass is 131 g/mol. The fourth-order valence-corrected chi connectivity index (χ4v) is 0.943. The second kappa shape index (κ2) is 2.33. The van der Waals surface area contributed by atoms with Crippen molar-refractivity contribution in [2.24, 2.45) is 5.92 Å². The summed E-state index contributed by atoms with van der Waals surface area (Å²) in [4.78, 5) is 10.2. The van der Waals surface area contributed by atoms with E-state index < -0.39 is 5.97 Å². The Morgan fingerprint density at radius 1 is 1.67 bits per heavy atom. The number of aliphatic carboxylic acids is 1. The highest BCUT2D eigenvalue weighted by Crippen LogP contribution is 2.13. The molecular formula is C5H9NO3. The molecule has 0 aromatic heterocycles. The van der Waals surface area contributed by atoms with Crippen LogP contribution in [0.25, 0.3) is 0 Å². The maximum absolute atomic E-state index is 10.2. The Morgan fingerprint density at radius 3 is 2.56 bits per heavy atom. The van der Waals surface area contributed by atoms with Crippen molar-refractivity contribution in [3.63, 3.8) is 0 Å². The van der Waals surface area contributed by atoms with Crippen LogP contribution < -0.4 is 0 Å². The Bertz CT molecular complexity index is 125. The molecule has 52 valence electrons. The second-order valence-corrected chi connectivity index (χ2v) is 2.24. The van der Waals surface area contributed by atoms with E-state index in [0.717, 1.165) is 5.06 Å². The molecule has 1 rings (SSSR count). The third-order valence-corrected chi connectivity index (χ3v) is 1.52. The van der Waals surface area contributed by atoms with Gasteiger partial charge in [0.1, 0.15) is 0 Å². The number of hydroxylamine groups is 2. The largest absolute Gasteiger partial charge is 0.481 e. The van der Waals surface area contributed by atoms with Crippen molar-refractivity contribution in [1.82, 2.24) is 5.06 Å². The Morgan fingerprint density at radius 2 is 2.33 bits per heavy atom. The van der Waals surface area contributed by atoms with Gasteiger partial charge in [-0.1, -0.05) is 0 Å². The summed E-state index contributed by atoms with van der Waals surface area (Å²) in [5.74, 6) is -1.18. The van der Waals surface area contributed by atoms with E-state index in [1.807, 2.05) is 0 Å². The van der Waals surface area contributed by atoms with Crippen LogP contribution in [0.2, 0.25) is 0 Å². The van der Waals surface area contributed by atoms with Gasteiger partial charge in [-0.25, -0.2) is 0 Å². The van der Waals surface area contributed by atoms with E-state index in [4.69, 9.17) is 10.3 Å². The summed E-state index contributed by atoms with van der Waals surface area (Å²) in [6, 6.07) is 0. The smallest absolute Gasteiger partial charge is 0.307 e. The van der Waals surface area contributed by atoms with Gasteiger partial charge in [-0.2, -0.15) is 5.06 Å². The van der Waals surface area contributed by atoms with Gasteiger partial charge in [-0.15, -0.1) is 0 Å². The Kier molecular flexibility index (Phi) is 1.68. The van der Waals surface area contributed by atoms with Gasteiger partial charge in [0.2, 0.25) is 0 Å². The average Bonchev–Trinajstić information content (AvgIpc) is 2.14. The molecule has 0 amide bonds. The predicted molar refractivity (Wildman–Crippen MR) is 29.1 cm³/mol. The zero-order chi connectivity index (χ0) is 6.85. The zero-order valence-electron chi connectivity index (χ0n) is 4.95. The van der Waals surface area contributed by atoms with Crippen molar-refractivity contribution in [2.45, 2.75) is 6.42 Å². The summed E-state index contributed by atoms with van der Waals surface area (Å²) in [7, 11) is 0. The molecule has 2 N–H and O–H groups in total. The summed E-state index contributed by atoms with van der Waals surface area (Å²) in [6.07, 6.45) is 0.561. The maximum Gasteiger partial charge on any atom is 0.307 e. The number of carboxylic acids is 1. The molecule has 1 saturated heterocycles. The zero-order valence-corrected chi connectivity index (χ0v) is 4.95. The van der Waals surface area contributed by atoms with Crippen LogP contribution in [0.4, 0.5) is 0 Å². The third-order valence-electron chi connectivity index (χ3n) is 1.52. The molecule has 0 saturated carbocycles. The fraction of sp³-hybridized carbons (Fsp3) is 0.800. The molecular weight excluding hydrogens is 122 g/mol. The maximum atomic E-state index is 10.2. The molecule has 1 aliphatic heterocycles. The molecule has 0 aromatic rings. The van der Waals surface area contributed by atoms with Crippen LogP contribution in [0, 0.1) is 5.92 Å². The molecule has 1 heterocycles. The standard InChI is InChI=1S/C5H9NO3/c7-5(8)4-1-2-6(9)3-4/h4,9H,1-3H2,(H,7,8). The van der Waals surface area contributed by atoms with Gasteiger partial charge >= 0.3 is 5.97 Å². The van der Waals surface area contributed by atoms with Crippen LogP contribution in [-0.2, 0) is 4.79 Å². The van der Waals surface area contributed by atoms with E-state index in [1.165, 1.54) is 0 Å². The second-order valence-electron chi connectivity index (χ2n) is 2.24. The Labute approximate surface area is 52.7 Å². The quantitative estimate of drug-likeness (QED) is 0.516. The molecule has 1 fully saturated rings. The molecule has 0 aromatic carbocycles. The number of hydrogen-bond donors (Lipinski definition) is 2. The van der Waals surface area contributed by atoms with Crippen LogP contribution in [0.1, 0.15) is 6.42 Å². The minimum Gasteiger partial charge on any atom is -0.481 e. The molecule has 4 heteroatoms. The number of nitrogens with zero attached hydrogens (tertiary/aromatic N) is 1. The van der Waals surface area contributed by atoms with Crippen LogP contribution in [0.15, 0.2) is 0 Å². The summed E-state index contributed by atoms with van der Waals surface area (Å²) >= 11 is 0. The Balaban J connectivity index is 2.39. The molecule has 1 aliphatic rings. The first kappa shape index (κ1) is 6.51. The summed E-state index contributed by atoms with van der Waals surface area (Å²) in [5.41, 5.74) is 0. The third kappa shape index (κ3) is 1.40. The molecule has 4 nitrogen and oxygen atoms in total. The van der Waals surface area contributed by atoms with Gasteiger partial charge in [0.25, 0.3) is 0 Å². The van der Waals surface area contributed by atoms with Gasteiger partial charge in [0, 0.05) is 13.1 Å². The highest BCUT2D eigenvalue weighted by atomic mass is 16.5. The topological polar surface area (TPSA) is 60.8 Å². The lowest BCUT2D eigenvalue weighted by molar-refractivity contribution is -0.143. The summed E-state index contributed by atoms with van der Waals surface area (Å²) < 4.78 is 0. The van der Waals surface area contributed by atoms with Crippen molar-refractivity contribution in [1.29, 1.82) is 0 Å². The van der Waals surface area contributed by atoms with E-state index in [0.29, 0.717) is 13.0 Å². The van der Waals surface area contributed by atoms with Gasteiger partial charge < -0.3 is 10.3 Å². The minimum absolute atomic E-state index is 0.273. The van der Waals surface area contributed by atoms with Crippen molar-refractivity contribution in [3.05, 3.63) is 0 Å². The van der Waals surface area contributed by atoms with E-state index in [9.17, 15) is 4.79 Å². The van der Waals surface area contributed by atoms with Gasteiger partial charge in [0.15, 0.2) is 0 Å². The van der Waals surface area contributed by atoms with Gasteiger partial charge in [-0.3, -0.25) is 4.79 Å². The van der Waals surface area contributed by atoms with E-state index in [1.54, 1.807) is 0 Å². The minimum atomic E-state index is -0.813. The molecule has 0 aliphatic carbocycles. The van der Waals surface area contributed by atoms with E-state index >= 15 is 0 Å². The van der Waals surface area contributed by atoms with Crippen molar-refractivity contribution in [2.75, 3.05) is 13.1 Å². The Hall–Kier alpha value is -0.610. The first-order valence-corrected chi connectivity index (χ1v) is 2.87. The lowest BCUT2D eigenvalue weighted by atomic mass is 10.1. The lowest BCUT2D eigenvalue weighted by Gasteiger charge is -2.02. The van der Waals surface area contributed by atoms with Gasteiger partial charge in [-0.05, 0) is 6.42 Å². The highest BCUT2D eigenvalue weighted by molar-refractivity contribution is 5.70. The number of hydrogen-bond acceptors (Lipinski definition) is 3. The summed E-state index contributed by atoms with van der Waals surface area (Å²) in [5, 5.41) is 18.2. The van der Waals surface area contributed by atoms with E-state index in [-0.39, 0.29) is 12.5 Å². The SMILES string of the molecule is O=C(O)C1CCN(O)C1. The van der Waals surface area contributed by atoms with Crippen LogP contribution >= 0.6 is 0 Å². The molecule has 1 atom stereocenters. The summed E-state index contributed by atoms with van der Waals surface area (Å²) in [6.45, 7) is 0.756. The molecule has 0 spiro atoms. The molecule has 9 heavy (non-hydrogen) atoms. The van der Waals surface area contributed by atoms with E-state index in [2.05, 4.69) is 0 Å². The van der Waals surface area contributed by atoms with Crippen LogP contribution in [0.3, 0.4) is 0 Å². The highest BCUT2D eigenvalue weighted by Gasteiger charge is 2.26. The lowest BCUT2D eigenvalue weighted by Crippen LogP contribution is -2.19. The number of rotatable bonds is 1. The number of carboxylic acid groups (broad SMARTS) is 1. The average molecular weight is 131 g/mol. The van der Waals surface area contributed by atoms with Gasteiger partial charge in [0.05, 0.1) is 5.92 Å². The first-order valence-electron chi connectivity index (χ1n) is 2.87. The van der Waals surface area contributed by atoms with Crippen molar-refractivity contribution >= 4 is 5.97 Å². The van der Waals surface area contributed by atoms with Crippen LogP contribution in [-0.4, -0.2) is 34.4 Å². The normalized spacial score (nSPS) is 28.8. The van der Waals surface area contributed by atoms with Crippen LogP contribution in [0.5, 0.6) is 0 Å². The molecule has 0 bridgehead atoms. The number of carbonyl (C=O) groups is 1.